The summed E-state index contributed by atoms with van der Waals surface area (Å²) in [6, 6.07) is 0.559. The normalized spacial score (nSPS) is 17.0. The quantitative estimate of drug-likeness (QED) is 0.531. The molecule has 1 saturated carbocycles. The molecule has 0 aromatic carbocycles. The third kappa shape index (κ3) is 6.33. The lowest BCUT2D eigenvalue weighted by Gasteiger charge is -2.21. The van der Waals surface area contributed by atoms with E-state index in [1.807, 2.05) is 18.5 Å². The van der Waals surface area contributed by atoms with E-state index < -0.39 is 0 Å². The standard InChI is InChI=1S/C19H36N6/c1-5-7-10-16(6-2)13-20-19(22-17-11-8-9-12-17)21-14-18-24-23-15(3)25(18)4/h16-17H,5-14H2,1-4H3,(H2,20,21,22). The maximum absolute atomic E-state index is 4.79. The molecule has 0 amide bonds. The fourth-order valence-corrected chi connectivity index (χ4v) is 3.34. The van der Waals surface area contributed by atoms with E-state index in [-0.39, 0.29) is 0 Å². The molecule has 2 rings (SSSR count). The topological polar surface area (TPSA) is 67.1 Å². The molecule has 6 heteroatoms. The summed E-state index contributed by atoms with van der Waals surface area (Å²) in [7, 11) is 2.00. The van der Waals surface area contributed by atoms with E-state index in [4.69, 9.17) is 4.99 Å². The van der Waals surface area contributed by atoms with Crippen molar-refractivity contribution in [3.63, 3.8) is 0 Å². The number of nitrogens with one attached hydrogen (secondary N) is 2. The van der Waals surface area contributed by atoms with Gasteiger partial charge in [-0.1, -0.05) is 46.0 Å². The van der Waals surface area contributed by atoms with Crippen LogP contribution in [0.15, 0.2) is 4.99 Å². The Hall–Kier alpha value is -1.59. The second-order valence-corrected chi connectivity index (χ2v) is 7.31. The molecule has 1 heterocycles. The number of hydrogen-bond donors (Lipinski definition) is 2. The molecule has 1 aromatic heterocycles. The van der Waals surface area contributed by atoms with Gasteiger partial charge in [-0.3, -0.25) is 0 Å². The number of guanidine groups is 1. The summed E-state index contributed by atoms with van der Waals surface area (Å²) in [5.41, 5.74) is 0. The second kappa shape index (κ2) is 10.4. The molecule has 0 bridgehead atoms. The first-order chi connectivity index (χ1) is 12.1. The van der Waals surface area contributed by atoms with E-state index >= 15 is 0 Å². The number of rotatable bonds is 9. The highest BCUT2D eigenvalue weighted by Crippen LogP contribution is 2.17. The molecule has 6 nitrogen and oxygen atoms in total. The van der Waals surface area contributed by atoms with Crippen LogP contribution < -0.4 is 10.6 Å². The smallest absolute Gasteiger partial charge is 0.191 e. The summed E-state index contributed by atoms with van der Waals surface area (Å²) in [6.45, 7) is 8.07. The van der Waals surface area contributed by atoms with Gasteiger partial charge < -0.3 is 15.2 Å². The van der Waals surface area contributed by atoms with E-state index in [1.54, 1.807) is 0 Å². The average Bonchev–Trinajstić information content (AvgIpc) is 3.24. The van der Waals surface area contributed by atoms with E-state index in [9.17, 15) is 0 Å². The van der Waals surface area contributed by atoms with Gasteiger partial charge in [-0.15, -0.1) is 10.2 Å². The third-order valence-corrected chi connectivity index (χ3v) is 5.36. The van der Waals surface area contributed by atoms with Gasteiger partial charge in [-0.05, 0) is 32.1 Å². The molecule has 0 saturated heterocycles. The lowest BCUT2D eigenvalue weighted by molar-refractivity contribution is 0.441. The zero-order valence-corrected chi connectivity index (χ0v) is 16.5. The van der Waals surface area contributed by atoms with E-state index in [2.05, 4.69) is 34.7 Å². The average molecular weight is 349 g/mol. The molecule has 0 spiro atoms. The molecule has 1 fully saturated rings. The lowest BCUT2D eigenvalue weighted by atomic mass is 9.99. The van der Waals surface area contributed by atoms with Crippen molar-refractivity contribution in [1.29, 1.82) is 0 Å². The first-order valence-electron chi connectivity index (χ1n) is 10.0. The van der Waals surface area contributed by atoms with Crippen LogP contribution in [-0.2, 0) is 13.6 Å². The number of aryl methyl sites for hydroxylation is 1. The van der Waals surface area contributed by atoms with Crippen LogP contribution in [0.5, 0.6) is 0 Å². The van der Waals surface area contributed by atoms with Crippen LogP contribution >= 0.6 is 0 Å². The zero-order chi connectivity index (χ0) is 18.1. The summed E-state index contributed by atoms with van der Waals surface area (Å²) in [6.07, 6.45) is 10.2. The van der Waals surface area contributed by atoms with E-state index in [0.29, 0.717) is 18.5 Å². The Morgan fingerprint density at radius 2 is 2.04 bits per heavy atom. The van der Waals surface area contributed by atoms with Crippen molar-refractivity contribution in [1.82, 2.24) is 25.4 Å². The van der Waals surface area contributed by atoms with Crippen LogP contribution in [0.3, 0.4) is 0 Å². The molecule has 2 N–H and O–H groups in total. The predicted octanol–water partition coefficient (Wildman–Crippen LogP) is 3.32. The number of unbranched alkanes of at least 4 members (excludes halogenated alkanes) is 1. The van der Waals surface area contributed by atoms with Crippen molar-refractivity contribution in [2.45, 2.75) is 84.7 Å². The molecule has 142 valence electrons. The number of aliphatic imine (C=N–C) groups is 1. The summed E-state index contributed by atoms with van der Waals surface area (Å²) in [5, 5.41) is 15.6. The minimum atomic E-state index is 0.559. The van der Waals surface area contributed by atoms with Gasteiger partial charge in [0.25, 0.3) is 0 Å². The van der Waals surface area contributed by atoms with Crippen molar-refractivity contribution in [2.75, 3.05) is 6.54 Å². The molecule has 0 radical (unpaired) electrons. The lowest BCUT2D eigenvalue weighted by Crippen LogP contribution is -2.44. The Morgan fingerprint density at radius 3 is 2.64 bits per heavy atom. The van der Waals surface area contributed by atoms with Gasteiger partial charge in [-0.25, -0.2) is 4.99 Å². The van der Waals surface area contributed by atoms with Crippen molar-refractivity contribution in [2.24, 2.45) is 18.0 Å². The van der Waals surface area contributed by atoms with Crippen molar-refractivity contribution in [3.05, 3.63) is 11.6 Å². The highest BCUT2D eigenvalue weighted by molar-refractivity contribution is 5.80. The van der Waals surface area contributed by atoms with Crippen LogP contribution in [0, 0.1) is 12.8 Å². The van der Waals surface area contributed by atoms with Crippen molar-refractivity contribution >= 4 is 5.96 Å². The van der Waals surface area contributed by atoms with Gasteiger partial charge in [0.05, 0.1) is 0 Å². The van der Waals surface area contributed by atoms with Crippen LogP contribution in [0.4, 0.5) is 0 Å². The first-order valence-corrected chi connectivity index (χ1v) is 10.0. The summed E-state index contributed by atoms with van der Waals surface area (Å²) < 4.78 is 2.01. The highest BCUT2D eigenvalue weighted by Gasteiger charge is 2.17. The summed E-state index contributed by atoms with van der Waals surface area (Å²) in [4.78, 5) is 4.79. The molecule has 1 atom stereocenters. The highest BCUT2D eigenvalue weighted by atomic mass is 15.3. The molecule has 1 aromatic rings. The van der Waals surface area contributed by atoms with Crippen molar-refractivity contribution < 1.29 is 0 Å². The second-order valence-electron chi connectivity index (χ2n) is 7.31. The Labute approximate surface area is 152 Å². The monoisotopic (exact) mass is 348 g/mol. The maximum atomic E-state index is 4.79. The number of hydrogen-bond acceptors (Lipinski definition) is 3. The first kappa shape index (κ1) is 19.7. The Kier molecular flexibility index (Phi) is 8.22. The molecule has 1 unspecified atom stereocenters. The Bertz CT molecular complexity index is 530. The number of aromatic nitrogens is 3. The van der Waals surface area contributed by atoms with Gasteiger partial charge >= 0.3 is 0 Å². The third-order valence-electron chi connectivity index (χ3n) is 5.36. The van der Waals surface area contributed by atoms with E-state index in [1.165, 1.54) is 51.4 Å². The van der Waals surface area contributed by atoms with Crippen LogP contribution in [-0.4, -0.2) is 33.3 Å². The minimum Gasteiger partial charge on any atom is -0.356 e. The predicted molar refractivity (Wildman–Crippen MR) is 104 cm³/mol. The van der Waals surface area contributed by atoms with E-state index in [0.717, 1.165) is 24.2 Å². The maximum Gasteiger partial charge on any atom is 0.191 e. The zero-order valence-electron chi connectivity index (χ0n) is 16.5. The molecule has 25 heavy (non-hydrogen) atoms. The number of nitrogens with zero attached hydrogens (tertiary/aromatic N) is 4. The molecule has 0 aliphatic heterocycles. The molecular weight excluding hydrogens is 312 g/mol. The molecule has 1 aliphatic rings. The van der Waals surface area contributed by atoms with Gasteiger partial charge in [0.2, 0.25) is 0 Å². The SMILES string of the molecule is CCCCC(CC)CNC(=NCc1nnc(C)n1C)NC1CCCC1. The van der Waals surface area contributed by atoms with Gasteiger partial charge in [-0.2, -0.15) is 0 Å². The minimum absolute atomic E-state index is 0.559. The largest absolute Gasteiger partial charge is 0.356 e. The van der Waals surface area contributed by atoms with Crippen LogP contribution in [0.25, 0.3) is 0 Å². The van der Waals surface area contributed by atoms with Gasteiger partial charge in [0, 0.05) is 19.6 Å². The van der Waals surface area contributed by atoms with Gasteiger partial charge in [0.1, 0.15) is 12.4 Å². The fraction of sp³-hybridized carbons (Fsp3) is 0.842. The van der Waals surface area contributed by atoms with Crippen molar-refractivity contribution in [3.8, 4) is 0 Å². The fourth-order valence-electron chi connectivity index (χ4n) is 3.34. The summed E-state index contributed by atoms with van der Waals surface area (Å²) in [5.74, 6) is 3.48. The van der Waals surface area contributed by atoms with Crippen LogP contribution in [0.1, 0.15) is 76.9 Å². The molecule has 1 aliphatic carbocycles. The van der Waals surface area contributed by atoms with Crippen LogP contribution in [0.2, 0.25) is 0 Å². The molecular formula is C19H36N6. The Morgan fingerprint density at radius 1 is 1.28 bits per heavy atom. The van der Waals surface area contributed by atoms with Gasteiger partial charge in [0.15, 0.2) is 11.8 Å². The summed E-state index contributed by atoms with van der Waals surface area (Å²) >= 11 is 0. The Balaban J connectivity index is 1.96.